The number of piperidine rings is 1. The summed E-state index contributed by atoms with van der Waals surface area (Å²) >= 11 is 0. The number of amides is 1. The smallest absolute Gasteiger partial charge is 0.227 e. The molecular formula is C15H22N2O. The molecule has 0 saturated carbocycles. The molecule has 0 aromatic heterocycles. The van der Waals surface area contributed by atoms with Gasteiger partial charge >= 0.3 is 0 Å². The Labute approximate surface area is 109 Å². The average molecular weight is 246 g/mol. The van der Waals surface area contributed by atoms with E-state index < -0.39 is 0 Å². The third kappa shape index (κ3) is 3.03. The number of carbonyl (C=O) groups is 1. The van der Waals surface area contributed by atoms with Crippen molar-refractivity contribution in [2.24, 2.45) is 5.92 Å². The van der Waals surface area contributed by atoms with Gasteiger partial charge in [0, 0.05) is 18.8 Å². The Kier molecular flexibility index (Phi) is 3.90. The van der Waals surface area contributed by atoms with Gasteiger partial charge in [-0.15, -0.1) is 0 Å². The van der Waals surface area contributed by atoms with Crippen LogP contribution in [-0.2, 0) is 11.2 Å². The lowest BCUT2D eigenvalue weighted by atomic mass is 9.99. The van der Waals surface area contributed by atoms with Crippen LogP contribution in [0, 0.1) is 12.8 Å². The fourth-order valence-electron chi connectivity index (χ4n) is 2.58. The second-order valence-electron chi connectivity index (χ2n) is 5.47. The lowest BCUT2D eigenvalue weighted by Gasteiger charge is -2.31. The van der Waals surface area contributed by atoms with Gasteiger partial charge in [0.05, 0.1) is 6.42 Å². The van der Waals surface area contributed by atoms with Gasteiger partial charge in [-0.2, -0.15) is 0 Å². The van der Waals surface area contributed by atoms with Crippen molar-refractivity contribution in [3.8, 4) is 0 Å². The summed E-state index contributed by atoms with van der Waals surface area (Å²) in [6.07, 6.45) is 2.78. The number of nitrogens with two attached hydrogens (primary N) is 1. The average Bonchev–Trinajstić information content (AvgIpc) is 2.34. The minimum absolute atomic E-state index is 0.207. The Morgan fingerprint density at radius 1 is 1.50 bits per heavy atom. The molecule has 1 unspecified atom stereocenters. The maximum atomic E-state index is 12.2. The van der Waals surface area contributed by atoms with Gasteiger partial charge in [0.15, 0.2) is 0 Å². The van der Waals surface area contributed by atoms with Crippen LogP contribution in [0.2, 0.25) is 0 Å². The molecule has 98 valence electrons. The predicted molar refractivity (Wildman–Crippen MR) is 74.3 cm³/mol. The van der Waals surface area contributed by atoms with Crippen molar-refractivity contribution in [1.29, 1.82) is 0 Å². The summed E-state index contributed by atoms with van der Waals surface area (Å²) < 4.78 is 0. The fourth-order valence-corrected chi connectivity index (χ4v) is 2.58. The Balaban J connectivity index is 2.04. The molecule has 0 aliphatic carbocycles. The number of hydrogen-bond acceptors (Lipinski definition) is 2. The van der Waals surface area contributed by atoms with Gasteiger partial charge in [-0.1, -0.05) is 24.6 Å². The van der Waals surface area contributed by atoms with Gasteiger partial charge in [0.1, 0.15) is 0 Å². The molecule has 3 heteroatoms. The summed E-state index contributed by atoms with van der Waals surface area (Å²) in [6, 6.07) is 5.88. The van der Waals surface area contributed by atoms with Crippen LogP contribution in [-0.4, -0.2) is 23.9 Å². The van der Waals surface area contributed by atoms with Gasteiger partial charge in [0.25, 0.3) is 0 Å². The molecule has 1 heterocycles. The highest BCUT2D eigenvalue weighted by atomic mass is 16.2. The highest BCUT2D eigenvalue weighted by molar-refractivity contribution is 5.80. The van der Waals surface area contributed by atoms with Gasteiger partial charge in [0.2, 0.25) is 5.91 Å². The second-order valence-corrected chi connectivity index (χ2v) is 5.47. The van der Waals surface area contributed by atoms with Crippen LogP contribution < -0.4 is 5.73 Å². The quantitative estimate of drug-likeness (QED) is 0.814. The highest BCUT2D eigenvalue weighted by Gasteiger charge is 2.21. The van der Waals surface area contributed by atoms with Crippen molar-refractivity contribution >= 4 is 11.6 Å². The monoisotopic (exact) mass is 246 g/mol. The maximum absolute atomic E-state index is 12.2. The van der Waals surface area contributed by atoms with E-state index in [1.807, 2.05) is 30.0 Å². The van der Waals surface area contributed by atoms with Crippen LogP contribution in [0.25, 0.3) is 0 Å². The first kappa shape index (κ1) is 12.9. The first-order valence-electron chi connectivity index (χ1n) is 6.69. The predicted octanol–water partition coefficient (Wildman–Crippen LogP) is 2.38. The molecule has 0 radical (unpaired) electrons. The number of likely N-dealkylation sites (tertiary alicyclic amines) is 1. The molecule has 1 atom stereocenters. The third-order valence-electron chi connectivity index (χ3n) is 3.65. The number of rotatable bonds is 2. The van der Waals surface area contributed by atoms with Crippen LogP contribution in [0.1, 0.15) is 30.9 Å². The zero-order chi connectivity index (χ0) is 13.1. The molecule has 0 spiro atoms. The summed E-state index contributed by atoms with van der Waals surface area (Å²) in [5.74, 6) is 0.830. The summed E-state index contributed by atoms with van der Waals surface area (Å²) in [7, 11) is 0. The van der Waals surface area contributed by atoms with E-state index in [4.69, 9.17) is 5.73 Å². The zero-order valence-corrected chi connectivity index (χ0v) is 11.3. The highest BCUT2D eigenvalue weighted by Crippen LogP contribution is 2.19. The Morgan fingerprint density at radius 2 is 2.28 bits per heavy atom. The number of carbonyl (C=O) groups excluding carboxylic acids is 1. The third-order valence-corrected chi connectivity index (χ3v) is 3.65. The van der Waals surface area contributed by atoms with E-state index in [1.165, 1.54) is 6.42 Å². The molecule has 1 fully saturated rings. The molecule has 1 aromatic rings. The molecule has 2 rings (SSSR count). The van der Waals surface area contributed by atoms with E-state index >= 15 is 0 Å². The zero-order valence-electron chi connectivity index (χ0n) is 11.3. The van der Waals surface area contributed by atoms with Crippen molar-refractivity contribution in [2.75, 3.05) is 18.8 Å². The van der Waals surface area contributed by atoms with Crippen LogP contribution >= 0.6 is 0 Å². The molecule has 1 aromatic carbocycles. The molecule has 1 amide bonds. The van der Waals surface area contributed by atoms with Crippen LogP contribution in [0.3, 0.4) is 0 Å². The van der Waals surface area contributed by atoms with E-state index in [2.05, 4.69) is 6.92 Å². The van der Waals surface area contributed by atoms with E-state index in [1.54, 1.807) is 0 Å². The van der Waals surface area contributed by atoms with E-state index in [9.17, 15) is 4.79 Å². The van der Waals surface area contributed by atoms with E-state index in [0.29, 0.717) is 12.3 Å². The number of aryl methyl sites for hydroxylation is 1. The van der Waals surface area contributed by atoms with Crippen molar-refractivity contribution in [1.82, 2.24) is 4.90 Å². The summed E-state index contributed by atoms with van der Waals surface area (Å²) in [5, 5.41) is 0. The number of benzene rings is 1. The summed E-state index contributed by atoms with van der Waals surface area (Å²) in [4.78, 5) is 14.2. The summed E-state index contributed by atoms with van der Waals surface area (Å²) in [6.45, 7) is 6.02. The normalized spacial score (nSPS) is 19.9. The van der Waals surface area contributed by atoms with Crippen LogP contribution in [0.5, 0.6) is 0 Å². The molecule has 1 aliphatic rings. The first-order chi connectivity index (χ1) is 8.56. The lowest BCUT2D eigenvalue weighted by molar-refractivity contribution is -0.132. The fraction of sp³-hybridized carbons (Fsp3) is 0.533. The van der Waals surface area contributed by atoms with Crippen LogP contribution in [0.15, 0.2) is 18.2 Å². The molecule has 1 aliphatic heterocycles. The van der Waals surface area contributed by atoms with E-state index in [0.717, 1.165) is 36.3 Å². The number of hydrogen-bond donors (Lipinski definition) is 1. The van der Waals surface area contributed by atoms with Gasteiger partial charge in [-0.05, 0) is 37.3 Å². The first-order valence-corrected chi connectivity index (χ1v) is 6.69. The van der Waals surface area contributed by atoms with Crippen molar-refractivity contribution in [3.63, 3.8) is 0 Å². The second kappa shape index (κ2) is 5.42. The largest absolute Gasteiger partial charge is 0.398 e. The lowest BCUT2D eigenvalue weighted by Crippen LogP contribution is -2.40. The minimum Gasteiger partial charge on any atom is -0.398 e. The number of anilines is 1. The van der Waals surface area contributed by atoms with Gasteiger partial charge < -0.3 is 10.6 Å². The molecule has 2 N–H and O–H groups in total. The molecule has 3 nitrogen and oxygen atoms in total. The Morgan fingerprint density at radius 3 is 3.00 bits per heavy atom. The van der Waals surface area contributed by atoms with Gasteiger partial charge in [-0.25, -0.2) is 0 Å². The van der Waals surface area contributed by atoms with Crippen molar-refractivity contribution < 1.29 is 4.79 Å². The van der Waals surface area contributed by atoms with Crippen molar-refractivity contribution in [3.05, 3.63) is 29.3 Å². The minimum atomic E-state index is 0.207. The molecule has 0 bridgehead atoms. The van der Waals surface area contributed by atoms with E-state index in [-0.39, 0.29) is 5.91 Å². The Hall–Kier alpha value is -1.51. The topological polar surface area (TPSA) is 46.3 Å². The van der Waals surface area contributed by atoms with Crippen LogP contribution in [0.4, 0.5) is 5.69 Å². The molecular weight excluding hydrogens is 224 g/mol. The molecule has 1 saturated heterocycles. The molecule has 18 heavy (non-hydrogen) atoms. The number of nitrogen functional groups attached to an aromatic ring is 1. The number of nitrogens with zero attached hydrogens (tertiary/aromatic N) is 1. The maximum Gasteiger partial charge on any atom is 0.227 e. The standard InChI is InChI=1S/C15H22N2O/c1-11-5-6-14(16)13(8-11)9-15(18)17-7-3-4-12(2)10-17/h5-6,8,12H,3-4,7,9-10,16H2,1-2H3. The SMILES string of the molecule is Cc1ccc(N)c(CC(=O)N2CCCC(C)C2)c1. The van der Waals surface area contributed by atoms with Crippen molar-refractivity contribution in [2.45, 2.75) is 33.1 Å². The Bertz CT molecular complexity index is 442. The van der Waals surface area contributed by atoms with Gasteiger partial charge in [-0.3, -0.25) is 4.79 Å². The summed E-state index contributed by atoms with van der Waals surface area (Å²) in [5.41, 5.74) is 8.75.